The van der Waals surface area contributed by atoms with Gasteiger partial charge in [0.1, 0.15) is 0 Å². The molecule has 0 heterocycles. The molecule has 0 saturated heterocycles. The third kappa shape index (κ3) is 390. The van der Waals surface area contributed by atoms with Crippen LogP contribution >= 0.6 is 0 Å². The maximum atomic E-state index is 8.76. The summed E-state index contributed by atoms with van der Waals surface area (Å²) in [7, 11) is 0. The Kier molecular flexibility index (Phi) is 21.8. The van der Waals surface area contributed by atoms with Gasteiger partial charge < -0.3 is 15.0 Å². The number of carbonyl (C=O) groups is 1. The maximum Gasteiger partial charge on any atom is 2.00 e. The molecule has 0 amide bonds. The third-order valence-corrected chi connectivity index (χ3v) is 0. The van der Waals surface area contributed by atoms with Crippen LogP contribution in [-0.2, 0) is 3.83 Å². The summed E-state index contributed by atoms with van der Waals surface area (Å²) >= 11 is -3.29. The normalized spacial score (nSPS) is 6.56. The minimum absolute atomic E-state index is 0. The molecule has 0 bridgehead atoms. The topological polar surface area (TPSA) is 121 Å². The summed E-state index contributed by atoms with van der Waals surface area (Å²) in [6, 6.07) is 0. The molecule has 0 aromatic carbocycles. The van der Waals surface area contributed by atoms with Crippen LogP contribution < -0.4 is 10.2 Å². The second-order valence-electron chi connectivity index (χ2n) is 0.481. The summed E-state index contributed by atoms with van der Waals surface area (Å²) in [5.74, 6) is 0. The Hall–Kier alpha value is 1.08. The van der Waals surface area contributed by atoms with Gasteiger partial charge in [-0.2, -0.15) is 0 Å². The molecule has 0 aliphatic carbocycles. The zero-order valence-electron chi connectivity index (χ0n) is 4.14. The Morgan fingerprint density at radius 1 is 1.33 bits per heavy atom. The van der Waals surface area contributed by atoms with Gasteiger partial charge in [0.05, 0.1) is 0 Å². The summed E-state index contributed by atoms with van der Waals surface area (Å²) in [5, 5.41) is 16.7. The molecule has 0 fully saturated rings. The van der Waals surface area contributed by atoms with E-state index >= 15 is 0 Å². The van der Waals surface area contributed by atoms with Gasteiger partial charge in [-0.15, -0.1) is 0 Å². The van der Waals surface area contributed by atoms with Crippen LogP contribution in [0.5, 0.6) is 0 Å². The van der Waals surface area contributed by atoms with E-state index in [1.54, 1.807) is 0 Å². The predicted octanol–water partition coefficient (Wildman–Crippen LogP) is -4.44. The quantitative estimate of drug-likeness (QED) is 0.433. The Morgan fingerprint density at radius 3 is 1.33 bits per heavy atom. The number of hydrogen-bond donors (Lipinski definition) is 2. The Bertz CT molecular complexity index is 71.1. The van der Waals surface area contributed by atoms with E-state index in [9.17, 15) is 0 Å². The van der Waals surface area contributed by atoms with Crippen LogP contribution in [0.3, 0.4) is 0 Å². The zero-order valence-corrected chi connectivity index (χ0v) is 10.3. The van der Waals surface area contributed by atoms with Gasteiger partial charge in [0.15, 0.2) is 0 Å². The molecule has 0 aliphatic rings. The second kappa shape index (κ2) is 11.8. The fourth-order valence-corrected chi connectivity index (χ4v) is 0. The van der Waals surface area contributed by atoms with Gasteiger partial charge in [-0.05, 0) is 6.16 Å². The first-order valence-corrected chi connectivity index (χ1v) is 3.38. The molecule has 0 saturated carbocycles. The molecule has 0 atom stereocenters. The van der Waals surface area contributed by atoms with Gasteiger partial charge in [-0.25, -0.2) is 0 Å². The number of carboxylic acid groups (broad SMARTS) is 2. The van der Waals surface area contributed by atoms with Crippen molar-refractivity contribution < 1.29 is 27.2 Å². The number of rotatable bonds is 0. The fraction of sp³-hybridized carbons (Fsp3) is 0. The Balaban J connectivity index is -0.0000000720. The first-order valence-electron chi connectivity index (χ1n) is 1.14. The molecule has 0 radical (unpaired) electrons. The van der Waals surface area contributed by atoms with E-state index in [2.05, 4.69) is 0 Å². The molecule has 8 heteroatoms. The van der Waals surface area contributed by atoms with Gasteiger partial charge in [-0.3, -0.25) is 0 Å². The van der Waals surface area contributed by atoms with E-state index in [4.69, 9.17) is 27.2 Å². The molecule has 0 unspecified atom stereocenters. The standard InChI is InChI=1S/CH2O3.Ba.H2O3Se/c2-1(3)4;;1-4(2)3/h(H2,2,3,4);;(H2,1,2,3)/q;+2;/p-2. The van der Waals surface area contributed by atoms with Gasteiger partial charge in [0.25, 0.3) is 0 Å². The maximum absolute atomic E-state index is 8.76. The summed E-state index contributed by atoms with van der Waals surface area (Å²) in [5.41, 5.74) is 0. The van der Waals surface area contributed by atoms with Crippen molar-refractivity contribution in [3.8, 4) is 0 Å². The molecule has 9 heavy (non-hydrogen) atoms. The predicted molar refractivity (Wildman–Crippen MR) is 22.0 cm³/mol. The van der Waals surface area contributed by atoms with Gasteiger partial charge >= 0.3 is 75.6 Å². The third-order valence-electron chi connectivity index (χ3n) is 0. The molecule has 0 aromatic rings. The summed E-state index contributed by atoms with van der Waals surface area (Å²) in [6.45, 7) is 0. The van der Waals surface area contributed by atoms with Crippen molar-refractivity contribution in [2.45, 2.75) is 0 Å². The molecule has 0 rings (SSSR count). The second-order valence-corrected chi connectivity index (χ2v) is 1.45. The minimum atomic E-state index is -3.29. The summed E-state index contributed by atoms with van der Waals surface area (Å²) in [4.78, 5) is 8.33. The molecular weight excluding hydrogens is 324 g/mol. The van der Waals surface area contributed by atoms with Gasteiger partial charge in [0, 0.05) is 0 Å². The van der Waals surface area contributed by atoms with Crippen molar-refractivity contribution in [2.75, 3.05) is 0 Å². The fourth-order valence-electron chi connectivity index (χ4n) is 0. The van der Waals surface area contributed by atoms with E-state index in [1.165, 1.54) is 0 Å². The monoisotopic (exact) mass is 328 g/mol. The van der Waals surface area contributed by atoms with Crippen molar-refractivity contribution >= 4 is 69.5 Å². The van der Waals surface area contributed by atoms with Crippen molar-refractivity contribution in [3.63, 3.8) is 0 Å². The average Bonchev–Trinajstić information content (AvgIpc) is 1.25. The molecule has 0 aromatic heterocycles. The number of hydrogen-bond acceptors (Lipinski definition) is 4. The first-order chi connectivity index (χ1) is 3.46. The van der Waals surface area contributed by atoms with E-state index in [1.807, 2.05) is 0 Å². The molecule has 0 spiro atoms. The molecule has 6 nitrogen and oxygen atoms in total. The van der Waals surface area contributed by atoms with Crippen LogP contribution in [0, 0.1) is 0 Å². The van der Waals surface area contributed by atoms with E-state index in [0.717, 1.165) is 0 Å². The Morgan fingerprint density at radius 2 is 1.33 bits per heavy atom. The van der Waals surface area contributed by atoms with Gasteiger partial charge in [0.2, 0.25) is 0 Å². The molecular formula is CH2BaO6Se. The van der Waals surface area contributed by atoms with Crippen LogP contribution in [0.4, 0.5) is 4.79 Å². The first kappa shape index (κ1) is 16.6. The van der Waals surface area contributed by atoms with Crippen molar-refractivity contribution in [3.05, 3.63) is 0 Å². The van der Waals surface area contributed by atoms with E-state index in [-0.39, 0.29) is 48.9 Å². The van der Waals surface area contributed by atoms with Crippen molar-refractivity contribution in [2.24, 2.45) is 0 Å². The average molecular weight is 326 g/mol. The van der Waals surface area contributed by atoms with Crippen LogP contribution in [0.25, 0.3) is 0 Å². The van der Waals surface area contributed by atoms with Crippen LogP contribution in [0.1, 0.15) is 0 Å². The molecule has 2 N–H and O–H groups in total. The zero-order chi connectivity index (χ0) is 7.15. The summed E-state index contributed by atoms with van der Waals surface area (Å²) in [6.07, 6.45) is -2.33. The van der Waals surface area contributed by atoms with Crippen LogP contribution in [0.2, 0.25) is 0 Å². The Labute approximate surface area is 95.3 Å². The SMILES string of the molecule is O=C([O-])[O-].O=[Se](O)O.[Ba+2]. The van der Waals surface area contributed by atoms with Gasteiger partial charge in [-0.1, -0.05) is 0 Å². The molecule has 50 valence electrons. The summed E-state index contributed by atoms with van der Waals surface area (Å²) < 4.78 is 23.1. The molecule has 0 aliphatic heterocycles. The van der Waals surface area contributed by atoms with Crippen LogP contribution in [0.15, 0.2) is 0 Å². The van der Waals surface area contributed by atoms with Crippen molar-refractivity contribution in [1.82, 2.24) is 0 Å². The minimum Gasteiger partial charge on any atom is 2.00 e. The largest absolute Gasteiger partial charge is 2.00 e. The van der Waals surface area contributed by atoms with Crippen molar-refractivity contribution in [1.29, 1.82) is 0 Å². The van der Waals surface area contributed by atoms with E-state index < -0.39 is 20.6 Å². The van der Waals surface area contributed by atoms with E-state index in [0.29, 0.717) is 0 Å². The van der Waals surface area contributed by atoms with Crippen LogP contribution in [-0.4, -0.2) is 77.9 Å². The smallest absolute Gasteiger partial charge is 2.00 e. The number of carbonyl (C=O) groups excluding carboxylic acids is 1.